The van der Waals surface area contributed by atoms with Crippen molar-refractivity contribution in [2.45, 2.75) is 10.3 Å². The predicted octanol–water partition coefficient (Wildman–Crippen LogP) is 7.75. The van der Waals surface area contributed by atoms with Crippen LogP contribution >= 0.6 is 58.0 Å². The molecule has 2 unspecified atom stereocenters. The van der Waals surface area contributed by atoms with Gasteiger partial charge in [0, 0.05) is 34.3 Å². The molecule has 1 amide bonds. The van der Waals surface area contributed by atoms with Crippen LogP contribution in [0.1, 0.15) is 21.8 Å². The summed E-state index contributed by atoms with van der Waals surface area (Å²) in [5.74, 6) is -3.01. The number of alkyl halides is 2. The SMILES string of the molecule is O=CC1(CNc2ccc(Cl)c(C(=O)Nc3ccc(F)cc3F)c2)C(c2cc(Cl)cc(Cl)c2)C1(Cl)Cl. The van der Waals surface area contributed by atoms with Gasteiger partial charge in [-0.1, -0.05) is 58.0 Å². The number of anilines is 2. The molecule has 0 saturated heterocycles. The Balaban J connectivity index is 1.54. The third kappa shape index (κ3) is 4.95. The van der Waals surface area contributed by atoms with Gasteiger partial charge < -0.3 is 15.4 Å². The molecule has 3 aromatic carbocycles. The minimum atomic E-state index is -1.43. The number of hydrogen-bond donors (Lipinski definition) is 2. The molecule has 3 aromatic rings. The van der Waals surface area contributed by atoms with Gasteiger partial charge in [-0.25, -0.2) is 8.78 Å². The van der Waals surface area contributed by atoms with Crippen molar-refractivity contribution in [1.82, 2.24) is 0 Å². The third-order valence-electron chi connectivity index (χ3n) is 5.82. The van der Waals surface area contributed by atoms with Crippen LogP contribution in [0.15, 0.2) is 54.6 Å². The van der Waals surface area contributed by atoms with Crippen molar-refractivity contribution >= 4 is 81.6 Å². The fraction of sp³-hybridized carbons (Fsp3) is 0.167. The van der Waals surface area contributed by atoms with E-state index in [0.29, 0.717) is 33.6 Å². The smallest absolute Gasteiger partial charge is 0.257 e. The molecule has 1 fully saturated rings. The van der Waals surface area contributed by atoms with Crippen LogP contribution < -0.4 is 10.6 Å². The van der Waals surface area contributed by atoms with Gasteiger partial charge in [0.05, 0.1) is 21.7 Å². The average Bonchev–Trinajstić information content (AvgIpc) is 3.29. The molecule has 2 atom stereocenters. The van der Waals surface area contributed by atoms with Gasteiger partial charge in [0.25, 0.3) is 5.91 Å². The highest BCUT2D eigenvalue weighted by Gasteiger charge is 2.76. The summed E-state index contributed by atoms with van der Waals surface area (Å²) >= 11 is 31.4. The van der Waals surface area contributed by atoms with E-state index in [9.17, 15) is 18.4 Å². The highest BCUT2D eigenvalue weighted by atomic mass is 35.5. The van der Waals surface area contributed by atoms with Crippen molar-refractivity contribution in [3.8, 4) is 0 Å². The van der Waals surface area contributed by atoms with E-state index in [4.69, 9.17) is 58.0 Å². The Morgan fingerprint density at radius 2 is 1.66 bits per heavy atom. The number of halogens is 7. The minimum Gasteiger partial charge on any atom is -0.384 e. The second kappa shape index (κ2) is 9.75. The van der Waals surface area contributed by atoms with Crippen molar-refractivity contribution < 1.29 is 18.4 Å². The maximum absolute atomic E-state index is 13.9. The monoisotopic (exact) mass is 576 g/mol. The summed E-state index contributed by atoms with van der Waals surface area (Å²) in [6, 6.07) is 12.1. The molecule has 35 heavy (non-hydrogen) atoms. The second-order valence-electron chi connectivity index (χ2n) is 8.04. The maximum Gasteiger partial charge on any atom is 0.257 e. The fourth-order valence-electron chi connectivity index (χ4n) is 3.97. The molecule has 0 radical (unpaired) electrons. The lowest BCUT2D eigenvalue weighted by Crippen LogP contribution is -2.23. The number of benzene rings is 3. The summed E-state index contributed by atoms with van der Waals surface area (Å²) < 4.78 is 25.6. The Labute approximate surface area is 224 Å². The third-order valence-corrected chi connectivity index (χ3v) is 7.72. The van der Waals surface area contributed by atoms with Gasteiger partial charge in [-0.2, -0.15) is 0 Å². The van der Waals surface area contributed by atoms with Crippen molar-refractivity contribution in [3.05, 3.63) is 92.4 Å². The number of carbonyl (C=O) groups is 2. The fourth-order valence-corrected chi connectivity index (χ4v) is 5.69. The number of amides is 1. The van der Waals surface area contributed by atoms with E-state index < -0.39 is 33.2 Å². The zero-order chi connectivity index (χ0) is 25.5. The molecule has 4 nitrogen and oxygen atoms in total. The topological polar surface area (TPSA) is 58.2 Å². The molecule has 1 saturated carbocycles. The zero-order valence-electron chi connectivity index (χ0n) is 17.5. The van der Waals surface area contributed by atoms with Gasteiger partial charge >= 0.3 is 0 Å². The van der Waals surface area contributed by atoms with Crippen LogP contribution in [0.25, 0.3) is 0 Å². The van der Waals surface area contributed by atoms with Crippen LogP contribution in [0, 0.1) is 17.0 Å². The van der Waals surface area contributed by atoms with Crippen molar-refractivity contribution in [1.29, 1.82) is 0 Å². The van der Waals surface area contributed by atoms with E-state index in [1.165, 1.54) is 12.1 Å². The summed E-state index contributed by atoms with van der Waals surface area (Å²) in [5.41, 5.74) is -0.347. The van der Waals surface area contributed by atoms with Gasteiger partial charge in [-0.3, -0.25) is 4.79 Å². The van der Waals surface area contributed by atoms with Crippen molar-refractivity contribution in [2.75, 3.05) is 17.2 Å². The van der Waals surface area contributed by atoms with Gasteiger partial charge in [-0.05, 0) is 54.1 Å². The Kier molecular flexibility index (Phi) is 7.24. The summed E-state index contributed by atoms with van der Waals surface area (Å²) in [6.07, 6.45) is 0.681. The van der Waals surface area contributed by atoms with Crippen LogP contribution in [0.3, 0.4) is 0 Å². The van der Waals surface area contributed by atoms with Gasteiger partial charge in [0.1, 0.15) is 22.3 Å². The largest absolute Gasteiger partial charge is 0.384 e. The molecular formula is C24H15Cl5F2N2O2. The molecular weight excluding hydrogens is 564 g/mol. The molecule has 0 spiro atoms. The van der Waals surface area contributed by atoms with E-state index in [0.717, 1.165) is 12.1 Å². The molecule has 0 aliphatic heterocycles. The highest BCUT2D eigenvalue weighted by molar-refractivity contribution is 6.54. The molecule has 2 N–H and O–H groups in total. The lowest BCUT2D eigenvalue weighted by atomic mass is 10.00. The molecule has 1 aliphatic carbocycles. The summed E-state index contributed by atoms with van der Waals surface area (Å²) in [5, 5.41) is 6.27. The Bertz CT molecular complexity index is 1320. The number of hydrogen-bond acceptors (Lipinski definition) is 3. The second-order valence-corrected chi connectivity index (χ2v) is 10.7. The standard InChI is InChI=1S/C24H15Cl5F2N2O2/c25-13-5-12(6-14(26)7-13)21-23(11-34,24(21,28)29)10-32-16-2-3-18(27)17(9-16)22(35)33-20-4-1-15(30)8-19(20)31/h1-9,11,21,32H,10H2,(H,33,35). The van der Waals surface area contributed by atoms with E-state index in [1.807, 2.05) is 0 Å². The molecule has 1 aliphatic rings. The molecule has 4 rings (SSSR count). The van der Waals surface area contributed by atoms with Crippen LogP contribution in [-0.4, -0.2) is 23.1 Å². The maximum atomic E-state index is 13.9. The Hall–Kier alpha value is -2.09. The molecule has 0 bridgehead atoms. The lowest BCUT2D eigenvalue weighted by Gasteiger charge is -2.15. The molecule has 11 heteroatoms. The van der Waals surface area contributed by atoms with E-state index in [1.54, 1.807) is 24.3 Å². The quantitative estimate of drug-likeness (QED) is 0.223. The number of carbonyl (C=O) groups excluding carboxylic acids is 2. The first-order valence-corrected chi connectivity index (χ1v) is 12.0. The van der Waals surface area contributed by atoms with Crippen LogP contribution in [0.2, 0.25) is 15.1 Å². The first-order valence-electron chi connectivity index (χ1n) is 10.1. The number of nitrogens with one attached hydrogen (secondary N) is 2. The van der Waals surface area contributed by atoms with Gasteiger partial charge in [0.15, 0.2) is 0 Å². The Morgan fingerprint density at radius 3 is 2.29 bits per heavy atom. The van der Waals surface area contributed by atoms with Crippen LogP contribution in [0.4, 0.5) is 20.2 Å². The van der Waals surface area contributed by atoms with E-state index >= 15 is 0 Å². The zero-order valence-corrected chi connectivity index (χ0v) is 21.3. The van der Waals surface area contributed by atoms with Crippen LogP contribution in [-0.2, 0) is 4.79 Å². The van der Waals surface area contributed by atoms with Gasteiger partial charge in [0.2, 0.25) is 0 Å². The minimum absolute atomic E-state index is 0.0214. The van der Waals surface area contributed by atoms with E-state index in [-0.39, 0.29) is 22.8 Å². The predicted molar refractivity (Wildman–Crippen MR) is 136 cm³/mol. The normalized spacial score (nSPS) is 20.3. The average molecular weight is 579 g/mol. The summed E-state index contributed by atoms with van der Waals surface area (Å²) in [6.45, 7) is 0.0214. The van der Waals surface area contributed by atoms with Gasteiger partial charge in [-0.15, -0.1) is 0 Å². The highest BCUT2D eigenvalue weighted by Crippen LogP contribution is 2.73. The van der Waals surface area contributed by atoms with Crippen LogP contribution in [0.5, 0.6) is 0 Å². The molecule has 0 heterocycles. The number of aldehydes is 1. The summed E-state index contributed by atoms with van der Waals surface area (Å²) in [4.78, 5) is 24.8. The van der Waals surface area contributed by atoms with Crippen molar-refractivity contribution in [3.63, 3.8) is 0 Å². The summed E-state index contributed by atoms with van der Waals surface area (Å²) in [7, 11) is 0. The van der Waals surface area contributed by atoms with E-state index in [2.05, 4.69) is 10.6 Å². The Morgan fingerprint density at radius 1 is 0.971 bits per heavy atom. The molecule has 0 aromatic heterocycles. The lowest BCUT2D eigenvalue weighted by molar-refractivity contribution is -0.112. The molecule has 182 valence electrons. The van der Waals surface area contributed by atoms with Crippen molar-refractivity contribution in [2.24, 2.45) is 5.41 Å². The number of rotatable bonds is 7. The first kappa shape index (κ1) is 26.0. The first-order chi connectivity index (χ1) is 16.5.